The number of carbonyl (C=O) groups excluding carboxylic acids is 1. The molecule has 1 unspecified atom stereocenters. The van der Waals surface area contributed by atoms with E-state index in [9.17, 15) is 4.79 Å². The minimum Gasteiger partial charge on any atom is -0.342 e. The lowest BCUT2D eigenvalue weighted by Gasteiger charge is -2.33. The van der Waals surface area contributed by atoms with Gasteiger partial charge in [0.1, 0.15) is 11.6 Å². The number of piperidine rings is 1. The van der Waals surface area contributed by atoms with Crippen molar-refractivity contribution in [3.05, 3.63) is 34.0 Å². The summed E-state index contributed by atoms with van der Waals surface area (Å²) in [6.07, 6.45) is 1.96. The number of amides is 1. The van der Waals surface area contributed by atoms with Crippen LogP contribution in [0.3, 0.4) is 0 Å². The number of halogens is 1. The van der Waals surface area contributed by atoms with E-state index >= 15 is 0 Å². The van der Waals surface area contributed by atoms with Crippen LogP contribution >= 0.6 is 23.7 Å². The summed E-state index contributed by atoms with van der Waals surface area (Å²) < 4.78 is 2.27. The molecule has 25 heavy (non-hydrogen) atoms. The zero-order valence-electron chi connectivity index (χ0n) is 14.4. The van der Waals surface area contributed by atoms with Gasteiger partial charge in [-0.25, -0.2) is 0 Å². The lowest BCUT2D eigenvalue weighted by atomic mass is 9.94. The molecular weight excluding hydrogens is 358 g/mol. The standard InChI is InChI=1S/C17H23N5OS.ClH/c1-12(14-4-9-24-11-14)17(23)21-6-2-13(3-7-21)16-20-19-15-10-18-5-8-22(15)16;/h4,9,11-13,18H,2-3,5-8,10H2,1H3;1H. The second-order valence-corrected chi connectivity index (χ2v) is 7.46. The average Bonchev–Trinajstić information content (AvgIpc) is 3.30. The van der Waals surface area contributed by atoms with Crippen LogP contribution in [0.4, 0.5) is 0 Å². The van der Waals surface area contributed by atoms with Crippen molar-refractivity contribution in [3.63, 3.8) is 0 Å². The summed E-state index contributed by atoms with van der Waals surface area (Å²) in [7, 11) is 0. The monoisotopic (exact) mass is 381 g/mol. The first kappa shape index (κ1) is 18.4. The lowest BCUT2D eigenvalue weighted by molar-refractivity contribution is -0.133. The molecule has 0 radical (unpaired) electrons. The minimum atomic E-state index is -0.0419. The third-order valence-electron chi connectivity index (χ3n) is 5.24. The third-order valence-corrected chi connectivity index (χ3v) is 5.94. The van der Waals surface area contributed by atoms with E-state index in [0.29, 0.717) is 5.92 Å². The number of nitrogens with zero attached hydrogens (tertiary/aromatic N) is 4. The molecule has 1 atom stereocenters. The lowest BCUT2D eigenvalue weighted by Crippen LogP contribution is -2.40. The molecule has 4 heterocycles. The number of aromatic nitrogens is 3. The van der Waals surface area contributed by atoms with Crippen LogP contribution in [-0.2, 0) is 17.9 Å². The number of likely N-dealkylation sites (tertiary alicyclic amines) is 1. The van der Waals surface area contributed by atoms with Gasteiger partial charge in [0, 0.05) is 32.1 Å². The van der Waals surface area contributed by atoms with Crippen molar-refractivity contribution in [2.75, 3.05) is 19.6 Å². The molecule has 4 rings (SSSR count). The predicted molar refractivity (Wildman–Crippen MR) is 100 cm³/mol. The van der Waals surface area contributed by atoms with Crippen molar-refractivity contribution >= 4 is 29.7 Å². The maximum atomic E-state index is 12.7. The molecule has 2 aromatic heterocycles. The zero-order chi connectivity index (χ0) is 16.5. The van der Waals surface area contributed by atoms with E-state index < -0.39 is 0 Å². The number of carbonyl (C=O) groups is 1. The second kappa shape index (κ2) is 7.85. The Balaban J connectivity index is 0.00000182. The minimum absolute atomic E-state index is 0. The fourth-order valence-electron chi connectivity index (χ4n) is 3.71. The van der Waals surface area contributed by atoms with Gasteiger partial charge in [-0.2, -0.15) is 11.3 Å². The summed E-state index contributed by atoms with van der Waals surface area (Å²) in [5, 5.41) is 16.2. The molecule has 2 aromatic rings. The molecule has 1 saturated heterocycles. The highest BCUT2D eigenvalue weighted by atomic mass is 35.5. The van der Waals surface area contributed by atoms with Gasteiger partial charge in [0.15, 0.2) is 0 Å². The molecule has 2 aliphatic rings. The van der Waals surface area contributed by atoms with Crippen molar-refractivity contribution in [1.29, 1.82) is 0 Å². The number of nitrogens with one attached hydrogen (secondary N) is 1. The Kier molecular flexibility index (Phi) is 5.76. The van der Waals surface area contributed by atoms with Crippen LogP contribution in [0.2, 0.25) is 0 Å². The van der Waals surface area contributed by atoms with Gasteiger partial charge in [-0.15, -0.1) is 22.6 Å². The van der Waals surface area contributed by atoms with E-state index in [-0.39, 0.29) is 24.2 Å². The second-order valence-electron chi connectivity index (χ2n) is 6.68. The van der Waals surface area contributed by atoms with Gasteiger partial charge >= 0.3 is 0 Å². The Labute approximate surface area is 158 Å². The molecule has 0 aromatic carbocycles. The zero-order valence-corrected chi connectivity index (χ0v) is 16.0. The van der Waals surface area contributed by atoms with Crippen molar-refractivity contribution in [1.82, 2.24) is 25.0 Å². The van der Waals surface area contributed by atoms with Gasteiger partial charge in [-0.1, -0.05) is 0 Å². The Hall–Kier alpha value is -1.44. The Morgan fingerprint density at radius 3 is 2.84 bits per heavy atom. The van der Waals surface area contributed by atoms with Crippen molar-refractivity contribution in [2.24, 2.45) is 0 Å². The van der Waals surface area contributed by atoms with E-state index in [1.165, 1.54) is 0 Å². The number of hydrogen-bond acceptors (Lipinski definition) is 5. The van der Waals surface area contributed by atoms with Crippen LogP contribution in [0, 0.1) is 0 Å². The Morgan fingerprint density at radius 1 is 1.32 bits per heavy atom. The molecule has 2 aliphatic heterocycles. The van der Waals surface area contributed by atoms with E-state index in [1.54, 1.807) is 11.3 Å². The highest BCUT2D eigenvalue weighted by Gasteiger charge is 2.30. The maximum absolute atomic E-state index is 12.7. The molecular formula is C17H24ClN5OS. The fraction of sp³-hybridized carbons (Fsp3) is 0.588. The van der Waals surface area contributed by atoms with E-state index in [2.05, 4.69) is 31.5 Å². The fourth-order valence-corrected chi connectivity index (χ4v) is 4.47. The molecule has 6 nitrogen and oxygen atoms in total. The van der Waals surface area contributed by atoms with Crippen LogP contribution in [0.1, 0.15) is 48.8 Å². The molecule has 0 aliphatic carbocycles. The highest BCUT2D eigenvalue weighted by Crippen LogP contribution is 2.30. The Bertz CT molecular complexity index is 709. The topological polar surface area (TPSA) is 63.1 Å². The van der Waals surface area contributed by atoms with Gasteiger partial charge in [0.05, 0.1) is 12.5 Å². The number of fused-ring (bicyclic) bond motifs is 1. The van der Waals surface area contributed by atoms with Gasteiger partial charge < -0.3 is 14.8 Å². The first-order valence-electron chi connectivity index (χ1n) is 8.67. The van der Waals surface area contributed by atoms with Crippen molar-refractivity contribution < 1.29 is 4.79 Å². The molecule has 8 heteroatoms. The summed E-state index contributed by atoms with van der Waals surface area (Å²) in [4.78, 5) is 14.7. The predicted octanol–water partition coefficient (Wildman–Crippen LogP) is 2.37. The molecule has 1 fully saturated rings. The largest absolute Gasteiger partial charge is 0.342 e. The summed E-state index contributed by atoms with van der Waals surface area (Å²) in [5.74, 6) is 2.79. The molecule has 0 saturated carbocycles. The highest BCUT2D eigenvalue weighted by molar-refractivity contribution is 7.08. The molecule has 136 valence electrons. The van der Waals surface area contributed by atoms with Gasteiger partial charge in [0.25, 0.3) is 0 Å². The summed E-state index contributed by atoms with van der Waals surface area (Å²) >= 11 is 1.65. The van der Waals surface area contributed by atoms with Gasteiger partial charge in [-0.05, 0) is 42.2 Å². The first-order chi connectivity index (χ1) is 11.7. The summed E-state index contributed by atoms with van der Waals surface area (Å²) in [6.45, 7) is 6.39. The van der Waals surface area contributed by atoms with Crippen molar-refractivity contribution in [3.8, 4) is 0 Å². The molecule has 0 bridgehead atoms. The van der Waals surface area contributed by atoms with E-state index in [0.717, 1.165) is 62.8 Å². The van der Waals surface area contributed by atoms with Gasteiger partial charge in [0.2, 0.25) is 5.91 Å². The molecule has 1 amide bonds. The van der Waals surface area contributed by atoms with E-state index in [4.69, 9.17) is 0 Å². The first-order valence-corrected chi connectivity index (χ1v) is 9.62. The van der Waals surface area contributed by atoms with Crippen LogP contribution < -0.4 is 5.32 Å². The van der Waals surface area contributed by atoms with Gasteiger partial charge in [-0.3, -0.25) is 4.79 Å². The summed E-state index contributed by atoms with van der Waals surface area (Å²) in [6, 6.07) is 2.05. The average molecular weight is 382 g/mol. The van der Waals surface area contributed by atoms with Crippen LogP contribution in [0.15, 0.2) is 16.8 Å². The Morgan fingerprint density at radius 2 is 2.12 bits per heavy atom. The van der Waals surface area contributed by atoms with Crippen LogP contribution in [-0.4, -0.2) is 45.2 Å². The van der Waals surface area contributed by atoms with Crippen LogP contribution in [0.25, 0.3) is 0 Å². The maximum Gasteiger partial charge on any atom is 0.229 e. The SMILES string of the molecule is CC(C(=O)N1CCC(c2nnc3n2CCNC3)CC1)c1ccsc1.Cl. The number of hydrogen-bond donors (Lipinski definition) is 1. The molecule has 1 N–H and O–H groups in total. The quantitative estimate of drug-likeness (QED) is 0.886. The molecule has 0 spiro atoms. The normalized spacial score (nSPS) is 19.2. The number of thiophene rings is 1. The smallest absolute Gasteiger partial charge is 0.229 e. The number of rotatable bonds is 3. The third kappa shape index (κ3) is 3.59. The van der Waals surface area contributed by atoms with Crippen LogP contribution in [0.5, 0.6) is 0 Å². The van der Waals surface area contributed by atoms with E-state index in [1.807, 2.05) is 17.2 Å². The summed E-state index contributed by atoms with van der Waals surface area (Å²) in [5.41, 5.74) is 1.13. The van der Waals surface area contributed by atoms with Crippen molar-refractivity contribution in [2.45, 2.75) is 44.7 Å².